The minimum absolute atomic E-state index is 0.0909. The molecular formula is C32H37F2N5O2S. The summed E-state index contributed by atoms with van der Waals surface area (Å²) in [5.74, 6) is 1.14. The van der Waals surface area contributed by atoms with Gasteiger partial charge in [-0.05, 0) is 68.5 Å². The number of benzene rings is 2. The standard InChI is InChI=1S/C32H37F2N5O2S/c1-5-27(40)39-20(3)13-37(14-21(39)4)31-26-12-19(2)28(23-6-8-24(33)9-7-23)30-29(26)38(32(41)35-31)16-22(18-42-30)15-36-11-10-25(34)17-36/h5-9,12,20-22,25H,1,10-11,13-18H2,2-4H3/t20-,21+,22-,25+/m1/s1. The van der Waals surface area contributed by atoms with Gasteiger partial charge in [0.1, 0.15) is 17.8 Å². The van der Waals surface area contributed by atoms with Crippen LogP contribution in [0.15, 0.2) is 52.7 Å². The van der Waals surface area contributed by atoms with Crippen LogP contribution in [0.2, 0.25) is 0 Å². The number of carbonyl (C=O) groups excluding carboxylic acids is 1. The summed E-state index contributed by atoms with van der Waals surface area (Å²) < 4.78 is 29.7. The molecule has 0 saturated carbocycles. The first-order valence-electron chi connectivity index (χ1n) is 14.7. The van der Waals surface area contributed by atoms with E-state index in [0.29, 0.717) is 38.4 Å². The molecule has 0 unspecified atom stereocenters. The number of nitrogens with zero attached hydrogens (tertiary/aromatic N) is 5. The first-order chi connectivity index (χ1) is 20.1. The van der Waals surface area contributed by atoms with E-state index in [4.69, 9.17) is 0 Å². The molecule has 0 aliphatic carbocycles. The van der Waals surface area contributed by atoms with Gasteiger partial charge in [0.25, 0.3) is 0 Å². The fraction of sp³-hybridized carbons (Fsp3) is 0.469. The van der Waals surface area contributed by atoms with Crippen molar-refractivity contribution in [2.75, 3.05) is 43.4 Å². The zero-order chi connectivity index (χ0) is 29.7. The lowest BCUT2D eigenvalue weighted by Crippen LogP contribution is -2.58. The third-order valence-corrected chi connectivity index (χ3v) is 10.1. The predicted molar refractivity (Wildman–Crippen MR) is 164 cm³/mol. The summed E-state index contributed by atoms with van der Waals surface area (Å²) in [5, 5.41) is 0.897. The number of hydrogen-bond acceptors (Lipinski definition) is 6. The molecule has 1 aromatic heterocycles. The summed E-state index contributed by atoms with van der Waals surface area (Å²) in [6.45, 7) is 13.2. The van der Waals surface area contributed by atoms with Gasteiger partial charge in [0.15, 0.2) is 0 Å². The minimum Gasteiger partial charge on any atom is -0.352 e. The quantitative estimate of drug-likeness (QED) is 0.393. The molecule has 222 valence electrons. The summed E-state index contributed by atoms with van der Waals surface area (Å²) in [7, 11) is 0. The molecule has 3 aromatic rings. The number of likely N-dealkylation sites (tertiary alicyclic amines) is 1. The topological polar surface area (TPSA) is 61.7 Å². The second-order valence-electron chi connectivity index (χ2n) is 12.0. The Hall–Kier alpha value is -3.24. The minimum atomic E-state index is -0.796. The largest absolute Gasteiger partial charge is 0.352 e. The fourth-order valence-electron chi connectivity index (χ4n) is 7.02. The van der Waals surface area contributed by atoms with Crippen LogP contribution in [0.1, 0.15) is 25.8 Å². The highest BCUT2D eigenvalue weighted by molar-refractivity contribution is 7.99. The Kier molecular flexibility index (Phi) is 7.87. The molecule has 2 fully saturated rings. The molecule has 2 aromatic carbocycles. The van der Waals surface area contributed by atoms with E-state index in [1.54, 1.807) is 28.5 Å². The monoisotopic (exact) mass is 593 g/mol. The van der Waals surface area contributed by atoms with Gasteiger partial charge in [-0.25, -0.2) is 13.6 Å². The number of hydrogen-bond donors (Lipinski definition) is 0. The third kappa shape index (κ3) is 5.24. The van der Waals surface area contributed by atoms with E-state index >= 15 is 0 Å². The molecule has 7 nitrogen and oxygen atoms in total. The molecule has 3 aliphatic rings. The SMILES string of the molecule is C=CC(=O)N1[C@H](C)CN(c2nc(=O)n3c4c(c(-c5ccc(F)cc5)c(C)cc24)SC[C@H](CN2CC[C@H](F)C2)C3)C[C@@H]1C. The Morgan fingerprint density at radius 1 is 1.14 bits per heavy atom. The maximum atomic E-state index is 14.0. The number of aryl methyl sites for hydroxylation is 1. The van der Waals surface area contributed by atoms with E-state index < -0.39 is 6.17 Å². The van der Waals surface area contributed by atoms with Crippen molar-refractivity contribution in [2.45, 2.75) is 56.9 Å². The van der Waals surface area contributed by atoms with Crippen LogP contribution in [0.3, 0.4) is 0 Å². The average Bonchev–Trinajstić information content (AvgIpc) is 3.26. The van der Waals surface area contributed by atoms with Gasteiger partial charge in [-0.2, -0.15) is 4.98 Å². The van der Waals surface area contributed by atoms with Crippen LogP contribution >= 0.6 is 11.8 Å². The van der Waals surface area contributed by atoms with Crippen LogP contribution in [0.5, 0.6) is 0 Å². The molecule has 6 rings (SSSR count). The van der Waals surface area contributed by atoms with Crippen molar-refractivity contribution in [3.8, 4) is 11.1 Å². The molecule has 0 N–H and O–H groups in total. The highest BCUT2D eigenvalue weighted by atomic mass is 32.2. The lowest BCUT2D eigenvalue weighted by Gasteiger charge is -2.44. The maximum Gasteiger partial charge on any atom is 0.350 e. The zero-order valence-electron chi connectivity index (χ0n) is 24.4. The van der Waals surface area contributed by atoms with E-state index in [1.165, 1.54) is 18.2 Å². The Balaban J connectivity index is 1.49. The fourth-order valence-corrected chi connectivity index (χ4v) is 8.42. The number of carbonyl (C=O) groups is 1. The van der Waals surface area contributed by atoms with Gasteiger partial charge < -0.3 is 9.80 Å². The molecule has 2 saturated heterocycles. The normalized spacial score (nSPS) is 24.7. The second kappa shape index (κ2) is 11.4. The van der Waals surface area contributed by atoms with Crippen molar-refractivity contribution >= 4 is 34.4 Å². The van der Waals surface area contributed by atoms with Crippen LogP contribution in [-0.2, 0) is 11.3 Å². The van der Waals surface area contributed by atoms with Crippen LogP contribution in [-0.4, -0.2) is 82.0 Å². The molecule has 42 heavy (non-hydrogen) atoms. The Bertz CT molecular complexity index is 1580. The number of halogens is 2. The van der Waals surface area contributed by atoms with Crippen molar-refractivity contribution in [1.29, 1.82) is 0 Å². The molecule has 0 bridgehead atoms. The highest BCUT2D eigenvalue weighted by Gasteiger charge is 2.35. The van der Waals surface area contributed by atoms with Crippen molar-refractivity contribution in [3.05, 3.63) is 64.9 Å². The number of rotatable bonds is 5. The number of piperazine rings is 1. The van der Waals surface area contributed by atoms with E-state index in [1.807, 2.05) is 25.7 Å². The number of thioether (sulfide) groups is 1. The second-order valence-corrected chi connectivity index (χ2v) is 13.0. The van der Waals surface area contributed by atoms with Crippen LogP contribution < -0.4 is 10.6 Å². The lowest BCUT2D eigenvalue weighted by molar-refractivity contribution is -0.130. The van der Waals surface area contributed by atoms with Gasteiger partial charge in [-0.3, -0.25) is 14.3 Å². The smallest absolute Gasteiger partial charge is 0.350 e. The van der Waals surface area contributed by atoms with E-state index in [2.05, 4.69) is 27.4 Å². The summed E-state index contributed by atoms with van der Waals surface area (Å²) in [6, 6.07) is 8.43. The van der Waals surface area contributed by atoms with Crippen molar-refractivity contribution < 1.29 is 13.6 Å². The number of alkyl halides is 1. The molecule has 10 heteroatoms. The van der Waals surface area contributed by atoms with Gasteiger partial charge in [-0.1, -0.05) is 18.7 Å². The molecule has 4 heterocycles. The predicted octanol–water partition coefficient (Wildman–Crippen LogP) is 4.89. The molecule has 1 amide bonds. The van der Waals surface area contributed by atoms with Gasteiger partial charge in [0, 0.05) is 73.0 Å². The maximum absolute atomic E-state index is 14.0. The van der Waals surface area contributed by atoms with Gasteiger partial charge in [0.2, 0.25) is 5.91 Å². The van der Waals surface area contributed by atoms with Crippen molar-refractivity contribution in [2.24, 2.45) is 5.92 Å². The number of anilines is 1. The number of aromatic nitrogens is 2. The Morgan fingerprint density at radius 3 is 2.50 bits per heavy atom. The molecular weight excluding hydrogens is 556 g/mol. The number of amides is 1. The van der Waals surface area contributed by atoms with E-state index in [-0.39, 0.29) is 35.4 Å². The van der Waals surface area contributed by atoms with Gasteiger partial charge in [-0.15, -0.1) is 11.8 Å². The highest BCUT2D eigenvalue weighted by Crippen LogP contribution is 2.44. The van der Waals surface area contributed by atoms with Crippen LogP contribution in [0, 0.1) is 18.7 Å². The molecule has 4 atom stereocenters. The summed E-state index contributed by atoms with van der Waals surface area (Å²) in [6.07, 6.45) is 1.11. The van der Waals surface area contributed by atoms with E-state index in [9.17, 15) is 18.4 Å². The van der Waals surface area contributed by atoms with Crippen molar-refractivity contribution in [1.82, 2.24) is 19.4 Å². The lowest BCUT2D eigenvalue weighted by atomic mass is 9.97. The van der Waals surface area contributed by atoms with Gasteiger partial charge >= 0.3 is 5.69 Å². The first kappa shape index (κ1) is 28.9. The Labute approximate surface area is 249 Å². The average molecular weight is 594 g/mol. The Morgan fingerprint density at radius 2 is 1.86 bits per heavy atom. The third-order valence-electron chi connectivity index (χ3n) is 8.81. The van der Waals surface area contributed by atoms with Gasteiger partial charge in [0.05, 0.1) is 5.52 Å². The summed E-state index contributed by atoms with van der Waals surface area (Å²) >= 11 is 1.72. The summed E-state index contributed by atoms with van der Waals surface area (Å²) in [4.78, 5) is 38.2. The van der Waals surface area contributed by atoms with Crippen LogP contribution in [0.25, 0.3) is 22.0 Å². The molecule has 0 spiro atoms. The first-order valence-corrected chi connectivity index (χ1v) is 15.7. The van der Waals surface area contributed by atoms with E-state index in [0.717, 1.165) is 51.3 Å². The summed E-state index contributed by atoms with van der Waals surface area (Å²) in [5.41, 5.74) is 3.44. The van der Waals surface area contributed by atoms with Crippen LogP contribution in [0.4, 0.5) is 14.6 Å². The molecule has 3 aliphatic heterocycles. The molecule has 0 radical (unpaired) electrons. The van der Waals surface area contributed by atoms with Crippen molar-refractivity contribution in [3.63, 3.8) is 0 Å². The zero-order valence-corrected chi connectivity index (χ0v) is 25.2.